The number of pyridine rings is 1. The molecule has 0 aliphatic carbocycles. The van der Waals surface area contributed by atoms with E-state index in [-0.39, 0.29) is 12.5 Å². The Balaban J connectivity index is 3.62. The van der Waals surface area contributed by atoms with Crippen molar-refractivity contribution in [1.29, 1.82) is 0 Å². The van der Waals surface area contributed by atoms with E-state index in [0.29, 0.717) is 22.6 Å². The van der Waals surface area contributed by atoms with Crippen molar-refractivity contribution < 1.29 is 18.5 Å². The molecule has 0 unspecified atom stereocenters. The molecule has 0 spiro atoms. The number of carbonyl (C=O) groups excluding carboxylic acids is 2. The molecule has 0 aliphatic heterocycles. The molecule has 0 N–H and O–H groups in total. The Morgan fingerprint density at radius 2 is 1.66 bits per heavy atom. The third kappa shape index (κ3) is 7.89. The van der Waals surface area contributed by atoms with Gasteiger partial charge in [0.1, 0.15) is 22.4 Å². The molecule has 2 amide bonds. The highest BCUT2D eigenvalue weighted by Crippen LogP contribution is 2.22. The van der Waals surface area contributed by atoms with Crippen LogP contribution in [0.2, 0.25) is 0 Å². The average molecular weight is 468 g/mol. The Kier molecular flexibility index (Phi) is 8.97. The molecule has 10 heteroatoms. The third-order valence-electron chi connectivity index (χ3n) is 4.11. The minimum absolute atomic E-state index is 0.0772. The summed E-state index contributed by atoms with van der Waals surface area (Å²) in [6, 6.07) is 1.67. The second-order valence-electron chi connectivity index (χ2n) is 9.91. The molecular formula is C22H37N5O4S. The van der Waals surface area contributed by atoms with Gasteiger partial charge in [0, 0.05) is 47.0 Å². The summed E-state index contributed by atoms with van der Waals surface area (Å²) in [6.07, 6.45) is 0.902. The van der Waals surface area contributed by atoms with Crippen molar-refractivity contribution in [3.8, 4) is 0 Å². The maximum Gasteiger partial charge on any atom is 0.410 e. The van der Waals surface area contributed by atoms with Crippen LogP contribution >= 0.6 is 0 Å². The molecule has 1 atom stereocenters. The summed E-state index contributed by atoms with van der Waals surface area (Å²) >= 11 is 0. The van der Waals surface area contributed by atoms with Crippen LogP contribution in [0, 0.1) is 0 Å². The quantitative estimate of drug-likeness (QED) is 0.597. The van der Waals surface area contributed by atoms with Crippen LogP contribution in [-0.4, -0.2) is 82.8 Å². The number of anilines is 1. The molecule has 1 rings (SSSR count). The summed E-state index contributed by atoms with van der Waals surface area (Å²) in [5.74, 6) is 0.302. The maximum atomic E-state index is 13.0. The molecule has 0 aliphatic rings. The van der Waals surface area contributed by atoms with Gasteiger partial charge in [-0.05, 0) is 47.6 Å². The Morgan fingerprint density at radius 1 is 1.09 bits per heavy atom. The minimum Gasteiger partial charge on any atom is -0.444 e. The summed E-state index contributed by atoms with van der Waals surface area (Å²) in [5.41, 5.74) is 0.576. The van der Waals surface area contributed by atoms with Gasteiger partial charge in [-0.3, -0.25) is 4.79 Å². The molecule has 0 saturated carbocycles. The molecule has 1 aromatic rings. The summed E-state index contributed by atoms with van der Waals surface area (Å²) in [7, 11) is 7.01. The highest BCUT2D eigenvalue weighted by molar-refractivity contribution is 7.85. The number of rotatable bonds is 6. The molecule has 0 bridgehead atoms. The molecule has 0 aromatic carbocycles. The zero-order chi connectivity index (χ0) is 25.0. The lowest BCUT2D eigenvalue weighted by Crippen LogP contribution is -2.34. The van der Waals surface area contributed by atoms with Crippen molar-refractivity contribution >= 4 is 35.0 Å². The van der Waals surface area contributed by atoms with Gasteiger partial charge in [0.05, 0.1) is 22.5 Å². The van der Waals surface area contributed by atoms with E-state index in [9.17, 15) is 13.8 Å². The van der Waals surface area contributed by atoms with Gasteiger partial charge in [0.25, 0.3) is 5.91 Å². The number of aromatic nitrogens is 1. The van der Waals surface area contributed by atoms with Crippen LogP contribution < -0.4 is 4.90 Å². The zero-order valence-electron chi connectivity index (χ0n) is 21.1. The molecule has 180 valence electrons. The van der Waals surface area contributed by atoms with Gasteiger partial charge in [-0.2, -0.15) is 4.40 Å². The van der Waals surface area contributed by atoms with Crippen molar-refractivity contribution in [2.45, 2.75) is 58.4 Å². The predicted molar refractivity (Wildman–Crippen MR) is 130 cm³/mol. The lowest BCUT2D eigenvalue weighted by Gasteiger charge is -2.26. The zero-order valence-corrected chi connectivity index (χ0v) is 22.0. The van der Waals surface area contributed by atoms with Gasteiger partial charge < -0.3 is 19.4 Å². The van der Waals surface area contributed by atoms with Gasteiger partial charge in [0.15, 0.2) is 0 Å². The van der Waals surface area contributed by atoms with Crippen LogP contribution in [-0.2, 0) is 22.3 Å². The fourth-order valence-electron chi connectivity index (χ4n) is 2.39. The largest absolute Gasteiger partial charge is 0.444 e. The summed E-state index contributed by atoms with van der Waals surface area (Å²) in [4.78, 5) is 34.8. The van der Waals surface area contributed by atoms with E-state index in [0.717, 1.165) is 0 Å². The van der Waals surface area contributed by atoms with Crippen LogP contribution in [0.25, 0.3) is 0 Å². The molecule has 32 heavy (non-hydrogen) atoms. The highest BCUT2D eigenvalue weighted by Gasteiger charge is 2.25. The number of carbonyl (C=O) groups is 2. The first-order valence-corrected chi connectivity index (χ1v) is 11.4. The van der Waals surface area contributed by atoms with E-state index in [1.54, 1.807) is 52.9 Å². The number of ether oxygens (including phenoxy) is 1. The Morgan fingerprint density at radius 3 is 2.09 bits per heavy atom. The van der Waals surface area contributed by atoms with Gasteiger partial charge in [-0.25, -0.2) is 14.0 Å². The van der Waals surface area contributed by atoms with E-state index in [2.05, 4.69) is 9.38 Å². The van der Waals surface area contributed by atoms with Crippen molar-refractivity contribution in [1.82, 2.24) is 14.8 Å². The van der Waals surface area contributed by atoms with E-state index < -0.39 is 27.4 Å². The fourth-order valence-corrected chi connectivity index (χ4v) is 2.91. The molecule has 9 nitrogen and oxygen atoms in total. The number of hydrogen-bond donors (Lipinski definition) is 0. The van der Waals surface area contributed by atoms with Gasteiger partial charge in [-0.1, -0.05) is 0 Å². The molecule has 0 radical (unpaired) electrons. The van der Waals surface area contributed by atoms with Crippen LogP contribution in [0.4, 0.5) is 10.6 Å². The number of nitrogens with zero attached hydrogens (tertiary/aromatic N) is 5. The first kappa shape index (κ1) is 27.5. The Bertz CT molecular complexity index is 899. The Labute approximate surface area is 194 Å². The SMILES string of the molecule is CN(C)C(=O)c1cc(N(C)C)nc(CN(C)C(=O)OC(C)(C)C)c1/C=N/[S@](=O)C(C)(C)C. The first-order valence-electron chi connectivity index (χ1n) is 10.3. The third-order valence-corrected chi connectivity index (χ3v) is 5.46. The van der Waals surface area contributed by atoms with E-state index in [4.69, 9.17) is 4.74 Å². The summed E-state index contributed by atoms with van der Waals surface area (Å²) in [6.45, 7) is 10.9. The maximum absolute atomic E-state index is 13.0. The van der Waals surface area contributed by atoms with E-state index >= 15 is 0 Å². The lowest BCUT2D eigenvalue weighted by atomic mass is 10.0. The van der Waals surface area contributed by atoms with Gasteiger partial charge >= 0.3 is 6.09 Å². The van der Waals surface area contributed by atoms with Gasteiger partial charge in [0.2, 0.25) is 0 Å². The molecular weight excluding hydrogens is 430 g/mol. The van der Waals surface area contributed by atoms with Crippen molar-refractivity contribution in [3.63, 3.8) is 0 Å². The van der Waals surface area contributed by atoms with Crippen molar-refractivity contribution in [3.05, 3.63) is 22.9 Å². The van der Waals surface area contributed by atoms with Crippen molar-refractivity contribution in [2.75, 3.05) is 40.1 Å². The normalized spacial score (nSPS) is 13.1. The first-order chi connectivity index (χ1) is 14.4. The van der Waals surface area contributed by atoms with Crippen LogP contribution in [0.5, 0.6) is 0 Å². The fraction of sp³-hybridized carbons (Fsp3) is 0.636. The summed E-state index contributed by atoms with van der Waals surface area (Å²) < 4.78 is 21.6. The summed E-state index contributed by atoms with van der Waals surface area (Å²) in [5, 5.41) is 0. The predicted octanol–water partition coefficient (Wildman–Crippen LogP) is 3.10. The Hall–Kier alpha value is -2.49. The van der Waals surface area contributed by atoms with Crippen molar-refractivity contribution in [2.24, 2.45) is 4.40 Å². The molecule has 1 heterocycles. The second-order valence-corrected chi connectivity index (χ2v) is 11.8. The number of amides is 2. The average Bonchev–Trinajstić information content (AvgIpc) is 2.62. The van der Waals surface area contributed by atoms with E-state index in [1.165, 1.54) is 16.0 Å². The van der Waals surface area contributed by atoms with Crippen LogP contribution in [0.15, 0.2) is 10.5 Å². The molecule has 0 saturated heterocycles. The molecule has 1 aromatic heterocycles. The number of hydrogen-bond acceptors (Lipinski definition) is 6. The second kappa shape index (κ2) is 10.4. The molecule has 0 fully saturated rings. The van der Waals surface area contributed by atoms with Crippen LogP contribution in [0.3, 0.4) is 0 Å². The lowest BCUT2D eigenvalue weighted by molar-refractivity contribution is 0.0283. The van der Waals surface area contributed by atoms with Gasteiger partial charge in [-0.15, -0.1) is 0 Å². The minimum atomic E-state index is -1.53. The monoisotopic (exact) mass is 467 g/mol. The highest BCUT2D eigenvalue weighted by atomic mass is 32.2. The smallest absolute Gasteiger partial charge is 0.410 e. The van der Waals surface area contributed by atoms with E-state index in [1.807, 2.05) is 34.9 Å². The topological polar surface area (TPSA) is 95.4 Å². The standard InChI is InChI=1S/C22H37N5O4S/c1-21(2,3)31-20(29)27(11)14-17-16(13-23-32(30)22(4,5)6)15(19(28)26(9)10)12-18(24-17)25(7)8/h12-13H,14H2,1-11H3/b23-13+/t32-/m1/s1. The van der Waals surface area contributed by atoms with Crippen LogP contribution in [0.1, 0.15) is 63.2 Å².